The number of oxazole rings is 1. The molecule has 1 amide bonds. The third kappa shape index (κ3) is 3.74. The molecule has 0 spiro atoms. The van der Waals surface area contributed by atoms with Crippen molar-refractivity contribution in [2.75, 3.05) is 0 Å². The van der Waals surface area contributed by atoms with Crippen LogP contribution in [0.3, 0.4) is 0 Å². The molecule has 0 aliphatic rings. The monoisotopic (exact) mass is 407 g/mol. The van der Waals surface area contributed by atoms with Gasteiger partial charge < -0.3 is 4.42 Å². The summed E-state index contributed by atoms with van der Waals surface area (Å²) in [4.78, 5) is 23.8. The Morgan fingerprint density at radius 2 is 2.04 bits per heavy atom. The Hall–Kier alpha value is -2.38. The van der Waals surface area contributed by atoms with Crippen LogP contribution in [0.15, 0.2) is 61.3 Å². The number of carbonyl (C=O) groups excluding carboxylic acids is 1. The number of benzene rings is 2. The second-order valence-electron chi connectivity index (χ2n) is 4.91. The molecule has 0 fully saturated rings. The number of fused-ring (bicyclic) bond motifs is 1. The minimum absolute atomic E-state index is 0.218. The molecule has 1 aromatic heterocycles. The number of nitrogens with one attached hydrogen (secondary N) is 1. The average Bonchev–Trinajstić information content (AvgIpc) is 2.85. The zero-order valence-electron chi connectivity index (χ0n) is 12.2. The number of carbonyl (C=O) groups is 1. The number of halogens is 2. The fraction of sp³-hybridized carbons (Fsp3) is 0.0625. The molecule has 0 saturated carbocycles. The predicted molar refractivity (Wildman–Crippen MR) is 95.4 cm³/mol. The molecule has 1 N–H and O–H groups in total. The average molecular weight is 409 g/mol. The van der Waals surface area contributed by atoms with Crippen molar-refractivity contribution in [1.82, 2.24) is 9.99 Å². The lowest BCUT2D eigenvalue weighted by molar-refractivity contribution is -0.121. The van der Waals surface area contributed by atoms with Crippen LogP contribution in [0.2, 0.25) is 5.02 Å². The molecule has 8 heteroatoms. The van der Waals surface area contributed by atoms with E-state index >= 15 is 0 Å². The van der Waals surface area contributed by atoms with E-state index in [2.05, 4.69) is 26.5 Å². The van der Waals surface area contributed by atoms with E-state index in [1.165, 1.54) is 10.8 Å². The van der Waals surface area contributed by atoms with Gasteiger partial charge in [-0.1, -0.05) is 39.7 Å². The summed E-state index contributed by atoms with van der Waals surface area (Å²) in [6.45, 7) is -0.218. The molecule has 0 unspecified atom stereocenters. The quantitative estimate of drug-likeness (QED) is 0.532. The first-order valence-corrected chi connectivity index (χ1v) is 8.06. The minimum atomic E-state index is -0.626. The van der Waals surface area contributed by atoms with E-state index in [0.717, 1.165) is 10.0 Å². The van der Waals surface area contributed by atoms with Gasteiger partial charge in [-0.25, -0.2) is 10.2 Å². The zero-order valence-corrected chi connectivity index (χ0v) is 14.5. The smallest absolute Gasteiger partial charge is 0.408 e. The van der Waals surface area contributed by atoms with Gasteiger partial charge in [-0.2, -0.15) is 5.10 Å². The van der Waals surface area contributed by atoms with Gasteiger partial charge in [0, 0.05) is 9.50 Å². The van der Waals surface area contributed by atoms with Crippen molar-refractivity contribution in [3.63, 3.8) is 0 Å². The van der Waals surface area contributed by atoms with E-state index in [9.17, 15) is 9.59 Å². The molecule has 0 radical (unpaired) electrons. The Kier molecular flexibility index (Phi) is 4.82. The second kappa shape index (κ2) is 7.02. The van der Waals surface area contributed by atoms with Gasteiger partial charge in [0.25, 0.3) is 5.91 Å². The van der Waals surface area contributed by atoms with Crippen molar-refractivity contribution in [3.8, 4) is 0 Å². The molecule has 0 aliphatic heterocycles. The van der Waals surface area contributed by atoms with Crippen LogP contribution in [-0.2, 0) is 11.3 Å². The van der Waals surface area contributed by atoms with Crippen LogP contribution >= 0.6 is 27.5 Å². The lowest BCUT2D eigenvalue weighted by Crippen LogP contribution is -2.27. The highest BCUT2D eigenvalue weighted by molar-refractivity contribution is 9.10. The first-order chi connectivity index (χ1) is 11.5. The normalized spacial score (nSPS) is 11.2. The van der Waals surface area contributed by atoms with E-state index in [-0.39, 0.29) is 6.54 Å². The summed E-state index contributed by atoms with van der Waals surface area (Å²) in [6, 6.07) is 12.2. The fourth-order valence-corrected chi connectivity index (χ4v) is 2.52. The fourth-order valence-electron chi connectivity index (χ4n) is 2.09. The van der Waals surface area contributed by atoms with Crippen molar-refractivity contribution in [2.24, 2.45) is 5.10 Å². The van der Waals surface area contributed by atoms with Gasteiger partial charge in [0.1, 0.15) is 6.54 Å². The molecule has 0 bridgehead atoms. The molecule has 0 saturated heterocycles. The lowest BCUT2D eigenvalue weighted by Gasteiger charge is -2.01. The van der Waals surface area contributed by atoms with E-state index in [4.69, 9.17) is 16.0 Å². The van der Waals surface area contributed by atoms with Gasteiger partial charge >= 0.3 is 5.76 Å². The number of hydrazone groups is 1. The van der Waals surface area contributed by atoms with Crippen LogP contribution in [0.4, 0.5) is 0 Å². The van der Waals surface area contributed by atoms with Gasteiger partial charge in [-0.3, -0.25) is 9.36 Å². The molecule has 24 heavy (non-hydrogen) atoms. The van der Waals surface area contributed by atoms with Gasteiger partial charge in [-0.15, -0.1) is 0 Å². The van der Waals surface area contributed by atoms with Crippen molar-refractivity contribution >= 4 is 50.8 Å². The first kappa shape index (κ1) is 16.5. The third-order valence-electron chi connectivity index (χ3n) is 3.20. The number of aromatic nitrogens is 1. The van der Waals surface area contributed by atoms with Crippen molar-refractivity contribution in [3.05, 3.63) is 68.1 Å². The highest BCUT2D eigenvalue weighted by atomic mass is 79.9. The number of rotatable bonds is 4. The summed E-state index contributed by atoms with van der Waals surface area (Å²) in [5, 5.41) is 4.32. The number of hydrogen-bond acceptors (Lipinski definition) is 4. The Balaban J connectivity index is 1.71. The molecular weight excluding hydrogens is 398 g/mol. The maximum atomic E-state index is 12.0. The summed E-state index contributed by atoms with van der Waals surface area (Å²) in [5.41, 5.74) is 4.03. The van der Waals surface area contributed by atoms with Crippen molar-refractivity contribution in [2.45, 2.75) is 6.54 Å². The summed E-state index contributed by atoms with van der Waals surface area (Å²) in [5.74, 6) is -1.08. The topological polar surface area (TPSA) is 76.6 Å². The number of nitrogens with zero attached hydrogens (tertiary/aromatic N) is 2. The van der Waals surface area contributed by atoms with Gasteiger partial charge in [0.05, 0.1) is 11.7 Å². The highest BCUT2D eigenvalue weighted by Gasteiger charge is 2.12. The minimum Gasteiger partial charge on any atom is -0.408 e. The molecule has 3 rings (SSSR count). The highest BCUT2D eigenvalue weighted by Crippen LogP contribution is 2.18. The predicted octanol–water partition coefficient (Wildman–Crippen LogP) is 3.16. The van der Waals surface area contributed by atoms with Crippen LogP contribution in [0.25, 0.3) is 11.1 Å². The van der Waals surface area contributed by atoms with Crippen molar-refractivity contribution < 1.29 is 9.21 Å². The molecule has 2 aromatic carbocycles. The van der Waals surface area contributed by atoms with Crippen LogP contribution in [-0.4, -0.2) is 16.7 Å². The summed E-state index contributed by atoms with van der Waals surface area (Å²) in [7, 11) is 0. The summed E-state index contributed by atoms with van der Waals surface area (Å²) in [6.07, 6.45) is 1.51. The summed E-state index contributed by atoms with van der Waals surface area (Å²) < 4.78 is 7.22. The Morgan fingerprint density at radius 3 is 2.79 bits per heavy atom. The Labute approximate surface area is 149 Å². The number of hydrogen-bond donors (Lipinski definition) is 1. The van der Waals surface area contributed by atoms with E-state index in [1.807, 2.05) is 24.3 Å². The molecular formula is C16H11BrClN3O3. The maximum Gasteiger partial charge on any atom is 0.420 e. The van der Waals surface area contributed by atoms with Crippen molar-refractivity contribution in [1.29, 1.82) is 0 Å². The van der Waals surface area contributed by atoms with Crippen LogP contribution in [0, 0.1) is 0 Å². The second-order valence-corrected chi connectivity index (χ2v) is 6.26. The largest absolute Gasteiger partial charge is 0.420 e. The first-order valence-electron chi connectivity index (χ1n) is 6.89. The maximum absolute atomic E-state index is 12.0. The molecule has 0 aliphatic carbocycles. The SMILES string of the molecule is O=C(Cn1c(=O)oc2ccc(Cl)cc21)N/N=C/c1ccc(Br)cc1. The van der Waals surface area contributed by atoms with Gasteiger partial charge in [0.15, 0.2) is 5.58 Å². The zero-order chi connectivity index (χ0) is 17.1. The van der Waals surface area contributed by atoms with Crippen LogP contribution in [0.5, 0.6) is 0 Å². The summed E-state index contributed by atoms with van der Waals surface area (Å²) >= 11 is 9.25. The van der Waals surface area contributed by atoms with Gasteiger partial charge in [-0.05, 0) is 35.9 Å². The van der Waals surface area contributed by atoms with E-state index < -0.39 is 11.7 Å². The molecule has 3 aromatic rings. The molecule has 122 valence electrons. The van der Waals surface area contributed by atoms with Gasteiger partial charge in [0.2, 0.25) is 0 Å². The molecule has 6 nitrogen and oxygen atoms in total. The lowest BCUT2D eigenvalue weighted by atomic mass is 10.2. The number of amides is 1. The van der Waals surface area contributed by atoms with Crippen LogP contribution < -0.4 is 11.2 Å². The van der Waals surface area contributed by atoms with Crippen LogP contribution in [0.1, 0.15) is 5.56 Å². The Morgan fingerprint density at radius 1 is 1.29 bits per heavy atom. The molecule has 1 heterocycles. The van der Waals surface area contributed by atoms with E-state index in [1.54, 1.807) is 18.2 Å². The van der Waals surface area contributed by atoms with E-state index in [0.29, 0.717) is 16.1 Å². The standard InChI is InChI=1S/C16H11BrClN3O3/c17-11-3-1-10(2-4-11)8-19-20-15(22)9-21-13-7-12(18)5-6-14(13)24-16(21)23/h1-8H,9H2,(H,20,22)/b19-8+. The third-order valence-corrected chi connectivity index (χ3v) is 3.97. The Bertz CT molecular complexity index is 976. The molecule has 0 atom stereocenters.